The minimum absolute atomic E-state index is 0.0435. The van der Waals surface area contributed by atoms with Crippen LogP contribution in [0.2, 0.25) is 0 Å². The van der Waals surface area contributed by atoms with E-state index in [0.29, 0.717) is 11.4 Å². The first-order chi connectivity index (χ1) is 17.0. The van der Waals surface area contributed by atoms with Gasteiger partial charge in [0.25, 0.3) is 0 Å². The van der Waals surface area contributed by atoms with Crippen molar-refractivity contribution in [3.63, 3.8) is 0 Å². The number of anilines is 4. The topological polar surface area (TPSA) is 83.0 Å². The smallest absolute Gasteiger partial charge is 0.324 e. The molecule has 11 heteroatoms. The lowest BCUT2D eigenvalue weighted by atomic mass is 9.77. The summed E-state index contributed by atoms with van der Waals surface area (Å²) >= 11 is 0. The van der Waals surface area contributed by atoms with Gasteiger partial charge in [0, 0.05) is 25.0 Å². The Labute approximate surface area is 207 Å². The average Bonchev–Trinajstić information content (AvgIpc) is 2.78. The van der Waals surface area contributed by atoms with Gasteiger partial charge < -0.3 is 20.1 Å². The van der Waals surface area contributed by atoms with Gasteiger partial charge in [0.05, 0.1) is 0 Å². The largest absolute Gasteiger partial charge is 0.421 e. The molecule has 3 aromatic rings. The number of pyridine rings is 1. The first kappa shape index (κ1) is 24.7. The summed E-state index contributed by atoms with van der Waals surface area (Å²) < 4.78 is 53.6. The minimum atomic E-state index is -4.67. The van der Waals surface area contributed by atoms with E-state index in [0.717, 1.165) is 37.8 Å². The van der Waals surface area contributed by atoms with Gasteiger partial charge in [0.2, 0.25) is 5.95 Å². The van der Waals surface area contributed by atoms with Crippen LogP contribution < -0.4 is 16.1 Å². The molecule has 0 amide bonds. The van der Waals surface area contributed by atoms with Gasteiger partial charge >= 0.3 is 6.18 Å². The van der Waals surface area contributed by atoms with Crippen LogP contribution in [0.25, 0.3) is 0 Å². The van der Waals surface area contributed by atoms with Crippen LogP contribution in [0, 0.1) is 0 Å². The van der Waals surface area contributed by atoms with Gasteiger partial charge in [-0.3, -0.25) is 0 Å². The van der Waals surface area contributed by atoms with E-state index in [-0.39, 0.29) is 11.8 Å². The SMILES string of the molecule is CN1Cc2cc(Nc3ncc(C(F)(F)F)c(Nc4cccc(P(C)(C)=O)n4)n3)cc3c2C(CCC3)C1. The van der Waals surface area contributed by atoms with Crippen molar-refractivity contribution in [1.29, 1.82) is 0 Å². The first-order valence-corrected chi connectivity index (χ1v) is 14.4. The molecular weight excluding hydrogens is 488 g/mol. The molecule has 0 saturated heterocycles. The molecule has 1 atom stereocenters. The summed E-state index contributed by atoms with van der Waals surface area (Å²) in [4.78, 5) is 14.7. The lowest BCUT2D eigenvalue weighted by Gasteiger charge is -2.37. The maximum atomic E-state index is 13.7. The molecule has 0 spiro atoms. The highest BCUT2D eigenvalue weighted by atomic mass is 31.2. The Balaban J connectivity index is 1.48. The summed E-state index contributed by atoms with van der Waals surface area (Å²) in [7, 11) is -0.589. The van der Waals surface area contributed by atoms with Crippen LogP contribution in [0.15, 0.2) is 36.5 Å². The van der Waals surface area contributed by atoms with Crippen LogP contribution in [0.1, 0.15) is 41.0 Å². The number of hydrogen-bond acceptors (Lipinski definition) is 7. The third-order valence-corrected chi connectivity index (χ3v) is 7.97. The lowest BCUT2D eigenvalue weighted by molar-refractivity contribution is -0.137. The van der Waals surface area contributed by atoms with Gasteiger partial charge in [0.15, 0.2) is 0 Å². The second kappa shape index (κ2) is 9.16. The van der Waals surface area contributed by atoms with E-state index in [1.54, 1.807) is 25.5 Å². The molecule has 1 aliphatic carbocycles. The second-order valence-corrected chi connectivity index (χ2v) is 13.1. The molecule has 1 aliphatic heterocycles. The van der Waals surface area contributed by atoms with Crippen molar-refractivity contribution < 1.29 is 17.7 Å². The highest BCUT2D eigenvalue weighted by Crippen LogP contribution is 2.41. The Morgan fingerprint density at radius 3 is 2.64 bits per heavy atom. The number of aromatic nitrogens is 3. The maximum Gasteiger partial charge on any atom is 0.421 e. The monoisotopic (exact) mass is 516 g/mol. The summed E-state index contributed by atoms with van der Waals surface area (Å²) in [5, 5.41) is 5.77. The molecule has 2 aromatic heterocycles. The molecule has 0 bridgehead atoms. The van der Waals surface area contributed by atoms with E-state index in [2.05, 4.69) is 43.6 Å². The zero-order valence-electron chi connectivity index (χ0n) is 20.4. The zero-order valence-corrected chi connectivity index (χ0v) is 21.2. The Morgan fingerprint density at radius 2 is 1.89 bits per heavy atom. The molecule has 0 fully saturated rings. The number of hydrogen-bond donors (Lipinski definition) is 2. The van der Waals surface area contributed by atoms with Crippen molar-refractivity contribution in [1.82, 2.24) is 19.9 Å². The molecule has 1 unspecified atom stereocenters. The molecule has 2 aliphatic rings. The molecule has 7 nitrogen and oxygen atoms in total. The molecule has 0 saturated carbocycles. The fourth-order valence-corrected chi connectivity index (χ4v) is 5.89. The fourth-order valence-electron chi connectivity index (χ4n) is 5.10. The number of likely N-dealkylation sites (N-methyl/N-ethyl adjacent to an activating group) is 1. The Morgan fingerprint density at radius 1 is 1.11 bits per heavy atom. The lowest BCUT2D eigenvalue weighted by Crippen LogP contribution is -2.33. The van der Waals surface area contributed by atoms with Crippen LogP contribution in [0.5, 0.6) is 0 Å². The first-order valence-electron chi connectivity index (χ1n) is 11.8. The summed E-state index contributed by atoms with van der Waals surface area (Å²) in [6, 6.07) is 8.81. The zero-order chi connectivity index (χ0) is 25.7. The molecule has 5 rings (SSSR count). The van der Waals surface area contributed by atoms with Crippen molar-refractivity contribution in [3.8, 4) is 0 Å². The number of benzene rings is 1. The summed E-state index contributed by atoms with van der Waals surface area (Å²) in [5.74, 6) is 0.270. The van der Waals surface area contributed by atoms with E-state index in [1.165, 1.54) is 29.2 Å². The minimum Gasteiger partial charge on any atom is -0.324 e. The van der Waals surface area contributed by atoms with Crippen molar-refractivity contribution in [2.24, 2.45) is 0 Å². The predicted molar refractivity (Wildman–Crippen MR) is 135 cm³/mol. The highest BCUT2D eigenvalue weighted by molar-refractivity contribution is 7.69. The third-order valence-electron chi connectivity index (χ3n) is 6.61. The predicted octanol–water partition coefficient (Wildman–Crippen LogP) is 5.49. The number of aryl methyl sites for hydroxylation is 1. The van der Waals surface area contributed by atoms with Crippen molar-refractivity contribution in [2.45, 2.75) is 37.9 Å². The summed E-state index contributed by atoms with van der Waals surface area (Å²) in [5.41, 5.74) is 4.01. The Hall–Kier alpha value is -2.97. The standard InChI is InChI=1S/C25H28F3N6OP/c1-34-13-16-7-4-6-15-10-18(11-17(14-34)22(15)16)30-24-29-12-19(25(26,27)28)23(33-24)32-20-8-5-9-21(31-20)36(2,3)35/h5,8-12,16H,4,6-7,13-14H2,1-3H3,(H2,29,30,31,32,33). The molecule has 190 valence electrons. The maximum absolute atomic E-state index is 13.7. The van der Waals surface area contributed by atoms with Gasteiger partial charge in [0.1, 0.15) is 29.8 Å². The van der Waals surface area contributed by atoms with Crippen molar-refractivity contribution >= 4 is 35.8 Å². The molecule has 36 heavy (non-hydrogen) atoms. The quantitative estimate of drug-likeness (QED) is 0.434. The van der Waals surface area contributed by atoms with E-state index < -0.39 is 24.7 Å². The van der Waals surface area contributed by atoms with Gasteiger partial charge in [-0.25, -0.2) is 9.97 Å². The molecular formula is C25H28F3N6OP. The molecule has 1 aromatic carbocycles. The van der Waals surface area contributed by atoms with E-state index in [1.807, 2.05) is 6.07 Å². The van der Waals surface area contributed by atoms with Crippen LogP contribution >= 0.6 is 7.14 Å². The van der Waals surface area contributed by atoms with Crippen molar-refractivity contribution in [3.05, 3.63) is 58.8 Å². The fraction of sp³-hybridized carbons (Fsp3) is 0.400. The van der Waals surface area contributed by atoms with E-state index in [4.69, 9.17) is 0 Å². The van der Waals surface area contributed by atoms with Crippen LogP contribution in [-0.4, -0.2) is 46.8 Å². The summed E-state index contributed by atoms with van der Waals surface area (Å²) in [6.45, 7) is 4.98. The van der Waals surface area contributed by atoms with E-state index in [9.17, 15) is 17.7 Å². The van der Waals surface area contributed by atoms with Gasteiger partial charge in [-0.05, 0) is 86.5 Å². The average molecular weight is 517 g/mol. The van der Waals surface area contributed by atoms with Crippen molar-refractivity contribution in [2.75, 3.05) is 37.6 Å². The van der Waals surface area contributed by atoms with Gasteiger partial charge in [-0.1, -0.05) is 6.07 Å². The second-order valence-electron chi connectivity index (χ2n) is 9.93. The summed E-state index contributed by atoms with van der Waals surface area (Å²) in [6.07, 6.45) is -0.626. The number of nitrogens with zero attached hydrogens (tertiary/aromatic N) is 4. The molecule has 3 heterocycles. The molecule has 0 radical (unpaired) electrons. The van der Waals surface area contributed by atoms with Gasteiger partial charge in [-0.2, -0.15) is 18.2 Å². The number of nitrogens with one attached hydrogen (secondary N) is 2. The number of halogens is 3. The van der Waals surface area contributed by atoms with Crippen LogP contribution in [0.3, 0.4) is 0 Å². The Kier molecular flexibility index (Phi) is 6.29. The number of alkyl halides is 3. The van der Waals surface area contributed by atoms with Crippen LogP contribution in [-0.2, 0) is 23.7 Å². The highest BCUT2D eigenvalue weighted by Gasteiger charge is 2.36. The normalized spacial score (nSPS) is 18.0. The Bertz CT molecular complexity index is 1360. The molecule has 2 N–H and O–H groups in total. The van der Waals surface area contributed by atoms with E-state index >= 15 is 0 Å². The number of rotatable bonds is 5. The van der Waals surface area contributed by atoms with Crippen LogP contribution in [0.4, 0.5) is 36.4 Å². The van der Waals surface area contributed by atoms with Gasteiger partial charge in [-0.15, -0.1) is 0 Å². The third kappa shape index (κ3) is 5.11.